The van der Waals surface area contributed by atoms with Crippen LogP contribution in [0.5, 0.6) is 0 Å². The highest BCUT2D eigenvalue weighted by Gasteiger charge is 2.12. The van der Waals surface area contributed by atoms with Gasteiger partial charge >= 0.3 is 17.9 Å². The van der Waals surface area contributed by atoms with E-state index in [1.807, 2.05) is 0 Å². The van der Waals surface area contributed by atoms with E-state index in [1.54, 1.807) is 0 Å². The van der Waals surface area contributed by atoms with Crippen molar-refractivity contribution in [1.82, 2.24) is 0 Å². The summed E-state index contributed by atoms with van der Waals surface area (Å²) in [5, 5.41) is 0. The molecule has 1 aromatic rings. The fraction of sp³-hybridized carbons (Fsp3) is 0.375. The van der Waals surface area contributed by atoms with Crippen molar-refractivity contribution >= 4 is 23.7 Å². The average Bonchev–Trinajstić information content (AvgIpc) is 2.57. The number of benzene rings is 1. The Labute approximate surface area is 138 Å². The minimum atomic E-state index is -0.717. The molecule has 0 saturated carbocycles. The number of hydrogen-bond acceptors (Lipinski definition) is 8. The van der Waals surface area contributed by atoms with Crippen LogP contribution in [0.15, 0.2) is 24.3 Å². The fourth-order valence-electron chi connectivity index (χ4n) is 1.52. The number of Topliss-reactive ketones (excluding diaryl/α,β-unsaturated/α-hetero) is 1. The Morgan fingerprint density at radius 2 is 1.29 bits per heavy atom. The smallest absolute Gasteiger partial charge is 0.340 e. The Balaban J connectivity index is 2.41. The zero-order valence-electron chi connectivity index (χ0n) is 13.4. The second-order valence-corrected chi connectivity index (χ2v) is 4.68. The van der Waals surface area contributed by atoms with E-state index in [4.69, 9.17) is 9.47 Å². The van der Waals surface area contributed by atoms with Crippen LogP contribution >= 0.6 is 0 Å². The topological polar surface area (TPSA) is 105 Å². The Morgan fingerprint density at radius 3 is 1.75 bits per heavy atom. The Morgan fingerprint density at radius 1 is 0.792 bits per heavy atom. The van der Waals surface area contributed by atoms with Crippen molar-refractivity contribution in [2.24, 2.45) is 0 Å². The molecule has 0 saturated heterocycles. The van der Waals surface area contributed by atoms with E-state index in [0.29, 0.717) is 0 Å². The summed E-state index contributed by atoms with van der Waals surface area (Å²) in [4.78, 5) is 45.2. The zero-order valence-corrected chi connectivity index (χ0v) is 13.4. The predicted molar refractivity (Wildman–Crippen MR) is 80.0 cm³/mol. The van der Waals surface area contributed by atoms with Crippen LogP contribution in [-0.4, -0.2) is 44.4 Å². The van der Waals surface area contributed by atoms with Crippen LogP contribution in [0.3, 0.4) is 0 Å². The third-order valence-corrected chi connectivity index (χ3v) is 2.76. The standard InChI is InChI=1S/C16H18O8/c1-11(17)3-8-14(18)22-10-24-16(20)13-6-4-12(5-7-13)15(19)23-9-21-2/h4-7H,3,8-10H2,1-2H3. The van der Waals surface area contributed by atoms with Gasteiger partial charge in [-0.1, -0.05) is 0 Å². The van der Waals surface area contributed by atoms with E-state index in [2.05, 4.69) is 9.47 Å². The van der Waals surface area contributed by atoms with E-state index in [1.165, 1.54) is 38.3 Å². The molecule has 0 aliphatic rings. The molecular formula is C16H18O8. The molecule has 0 heterocycles. The van der Waals surface area contributed by atoms with Gasteiger partial charge in [0.15, 0.2) is 6.79 Å². The lowest BCUT2D eigenvalue weighted by Crippen LogP contribution is -2.14. The van der Waals surface area contributed by atoms with Crippen molar-refractivity contribution in [2.45, 2.75) is 19.8 Å². The molecule has 8 heteroatoms. The van der Waals surface area contributed by atoms with Gasteiger partial charge in [-0.05, 0) is 31.2 Å². The fourth-order valence-corrected chi connectivity index (χ4v) is 1.52. The molecular weight excluding hydrogens is 320 g/mol. The minimum Gasteiger partial charge on any atom is -0.435 e. The summed E-state index contributed by atoms with van der Waals surface area (Å²) in [6.45, 7) is 0.646. The van der Waals surface area contributed by atoms with Gasteiger partial charge in [0.1, 0.15) is 5.78 Å². The largest absolute Gasteiger partial charge is 0.435 e. The Kier molecular flexibility index (Phi) is 8.14. The zero-order chi connectivity index (χ0) is 17.9. The Hall–Kier alpha value is -2.74. The van der Waals surface area contributed by atoms with E-state index in [0.717, 1.165) is 0 Å². The van der Waals surface area contributed by atoms with Crippen LogP contribution in [0.1, 0.15) is 40.5 Å². The minimum absolute atomic E-state index is 0.0643. The number of ether oxygens (including phenoxy) is 4. The summed E-state index contributed by atoms with van der Waals surface area (Å²) in [5.74, 6) is -2.07. The van der Waals surface area contributed by atoms with Crippen LogP contribution in [-0.2, 0) is 28.5 Å². The lowest BCUT2D eigenvalue weighted by Gasteiger charge is -2.07. The van der Waals surface area contributed by atoms with Gasteiger partial charge in [-0.15, -0.1) is 0 Å². The van der Waals surface area contributed by atoms with Gasteiger partial charge in [-0.25, -0.2) is 9.59 Å². The predicted octanol–water partition coefficient (Wildman–Crippen LogP) is 1.47. The molecule has 1 aromatic carbocycles. The summed E-state index contributed by atoms with van der Waals surface area (Å²) in [6, 6.07) is 5.55. The molecule has 24 heavy (non-hydrogen) atoms. The number of methoxy groups -OCH3 is 1. The monoisotopic (exact) mass is 338 g/mol. The molecule has 0 atom stereocenters. The lowest BCUT2D eigenvalue weighted by molar-refractivity contribution is -0.153. The number of hydrogen-bond donors (Lipinski definition) is 0. The molecule has 0 bridgehead atoms. The molecule has 1 rings (SSSR count). The number of rotatable bonds is 9. The molecule has 0 aromatic heterocycles. The second-order valence-electron chi connectivity index (χ2n) is 4.68. The van der Waals surface area contributed by atoms with E-state index in [-0.39, 0.29) is 36.5 Å². The number of esters is 3. The highest BCUT2D eigenvalue weighted by Crippen LogP contribution is 2.08. The van der Waals surface area contributed by atoms with Gasteiger partial charge in [0.05, 0.1) is 17.5 Å². The van der Waals surface area contributed by atoms with Crippen molar-refractivity contribution in [3.63, 3.8) is 0 Å². The molecule has 0 radical (unpaired) electrons. The first-order valence-corrected chi connectivity index (χ1v) is 7.02. The number of ketones is 1. The van der Waals surface area contributed by atoms with Gasteiger partial charge in [0.2, 0.25) is 6.79 Å². The second kappa shape index (κ2) is 10.1. The third-order valence-electron chi connectivity index (χ3n) is 2.76. The van der Waals surface area contributed by atoms with E-state index >= 15 is 0 Å². The first-order valence-electron chi connectivity index (χ1n) is 7.02. The van der Waals surface area contributed by atoms with Crippen LogP contribution in [0.2, 0.25) is 0 Å². The average molecular weight is 338 g/mol. The summed E-state index contributed by atoms with van der Waals surface area (Å²) < 4.78 is 18.8. The molecule has 0 fully saturated rings. The summed E-state index contributed by atoms with van der Waals surface area (Å²) in [5.41, 5.74) is 0.428. The van der Waals surface area contributed by atoms with Crippen molar-refractivity contribution in [1.29, 1.82) is 0 Å². The SMILES string of the molecule is COCOC(=O)c1ccc(C(=O)OCOC(=O)CCC(C)=O)cc1. The third kappa shape index (κ3) is 7.01. The van der Waals surface area contributed by atoms with Crippen LogP contribution < -0.4 is 0 Å². The maximum Gasteiger partial charge on any atom is 0.340 e. The summed E-state index contributed by atoms with van der Waals surface area (Å²) >= 11 is 0. The van der Waals surface area contributed by atoms with E-state index < -0.39 is 24.7 Å². The molecule has 0 aliphatic heterocycles. The summed E-state index contributed by atoms with van der Waals surface area (Å²) in [6.07, 6.45) is 0.0125. The maximum atomic E-state index is 11.7. The van der Waals surface area contributed by atoms with Crippen LogP contribution in [0, 0.1) is 0 Å². The number of carbonyl (C=O) groups excluding carboxylic acids is 4. The molecule has 0 spiro atoms. The van der Waals surface area contributed by atoms with Gasteiger partial charge in [0, 0.05) is 13.5 Å². The van der Waals surface area contributed by atoms with Crippen LogP contribution in [0.4, 0.5) is 0 Å². The number of carbonyl (C=O) groups is 4. The van der Waals surface area contributed by atoms with Gasteiger partial charge in [-0.2, -0.15) is 0 Å². The molecule has 0 unspecified atom stereocenters. The van der Waals surface area contributed by atoms with Gasteiger partial charge < -0.3 is 23.7 Å². The molecule has 0 amide bonds. The Bertz CT molecular complexity index is 591. The van der Waals surface area contributed by atoms with Crippen LogP contribution in [0.25, 0.3) is 0 Å². The normalized spacial score (nSPS) is 9.92. The van der Waals surface area contributed by atoms with Crippen molar-refractivity contribution in [3.05, 3.63) is 35.4 Å². The molecule has 0 N–H and O–H groups in total. The quantitative estimate of drug-likeness (QED) is 0.492. The first-order chi connectivity index (χ1) is 11.4. The van der Waals surface area contributed by atoms with Crippen molar-refractivity contribution in [3.8, 4) is 0 Å². The van der Waals surface area contributed by atoms with E-state index in [9.17, 15) is 19.2 Å². The first kappa shape index (κ1) is 19.3. The molecule has 130 valence electrons. The molecule has 8 nitrogen and oxygen atoms in total. The highest BCUT2D eigenvalue weighted by molar-refractivity contribution is 5.93. The maximum absolute atomic E-state index is 11.7. The van der Waals surface area contributed by atoms with Gasteiger partial charge in [0.25, 0.3) is 0 Å². The van der Waals surface area contributed by atoms with Crippen molar-refractivity contribution in [2.75, 3.05) is 20.7 Å². The molecule has 0 aliphatic carbocycles. The van der Waals surface area contributed by atoms with Gasteiger partial charge in [-0.3, -0.25) is 4.79 Å². The lowest BCUT2D eigenvalue weighted by atomic mass is 10.1. The highest BCUT2D eigenvalue weighted by atomic mass is 16.7. The van der Waals surface area contributed by atoms with Crippen molar-refractivity contribution < 1.29 is 38.1 Å². The summed E-state index contributed by atoms with van der Waals surface area (Å²) in [7, 11) is 1.39.